The molecule has 1 aromatic carbocycles. The molecule has 2 aromatic heterocycles. The molecular weight excluding hydrogens is 652 g/mol. The summed E-state index contributed by atoms with van der Waals surface area (Å²) in [6, 6.07) is 8.37. The molecule has 0 bridgehead atoms. The molecular formula is C38H50N6O7. The summed E-state index contributed by atoms with van der Waals surface area (Å²) >= 11 is 0. The zero-order valence-corrected chi connectivity index (χ0v) is 30.2. The predicted octanol–water partition coefficient (Wildman–Crippen LogP) is 2.64. The van der Waals surface area contributed by atoms with Gasteiger partial charge < -0.3 is 35.7 Å². The van der Waals surface area contributed by atoms with Gasteiger partial charge in [0, 0.05) is 55.5 Å². The Balaban J connectivity index is 1.49. The molecule has 2 aliphatic rings. The van der Waals surface area contributed by atoms with Crippen molar-refractivity contribution in [3.63, 3.8) is 0 Å². The first kappa shape index (κ1) is 37.6. The maximum atomic E-state index is 14.3. The lowest BCUT2D eigenvalue weighted by Gasteiger charge is -2.31. The second kappa shape index (κ2) is 15.7. The average molecular weight is 703 g/mol. The van der Waals surface area contributed by atoms with E-state index in [0.29, 0.717) is 37.3 Å². The minimum absolute atomic E-state index is 0.0511. The third-order valence-electron chi connectivity index (χ3n) is 9.91. The van der Waals surface area contributed by atoms with Crippen LogP contribution >= 0.6 is 0 Å². The highest BCUT2D eigenvalue weighted by atomic mass is 16.6. The summed E-state index contributed by atoms with van der Waals surface area (Å²) in [5, 5.41) is 18.3. The fourth-order valence-corrected chi connectivity index (χ4v) is 7.28. The Hall–Kier alpha value is -4.62. The van der Waals surface area contributed by atoms with Crippen molar-refractivity contribution in [2.75, 3.05) is 19.6 Å². The number of benzene rings is 1. The van der Waals surface area contributed by atoms with E-state index in [2.05, 4.69) is 17.6 Å². The Labute approximate surface area is 297 Å². The fourth-order valence-electron chi connectivity index (χ4n) is 7.28. The van der Waals surface area contributed by atoms with Crippen LogP contribution in [-0.4, -0.2) is 75.0 Å². The number of primary amides is 1. The standard InChI is InChI=1S/C38H50N6O7/c1-6-8-14-43(36(48)31(16-22(3)4)40-19-24(17-33(39)46)41-23(5)45)15-13-25-26-11-9-10-12-30(26)42-34-27(25)20-44-32(34)18-29-28(35(44)47)21-51-37(49)38(29,50)7-2/h9-12,18,22,24,31,40,50H,6-8,13-17,19-21H2,1-5H3,(H2,39,46)(H,41,45)/t24-,31-,38-/m0/s1. The number of esters is 1. The molecule has 3 aromatic rings. The lowest BCUT2D eigenvalue weighted by molar-refractivity contribution is -0.172. The van der Waals surface area contributed by atoms with E-state index in [-0.39, 0.29) is 67.0 Å². The average Bonchev–Trinajstić information content (AvgIpc) is 3.45. The molecule has 51 heavy (non-hydrogen) atoms. The van der Waals surface area contributed by atoms with Gasteiger partial charge in [-0.2, -0.15) is 0 Å². The third-order valence-corrected chi connectivity index (χ3v) is 9.91. The van der Waals surface area contributed by atoms with Gasteiger partial charge in [-0.15, -0.1) is 0 Å². The number of aromatic nitrogens is 2. The Morgan fingerprint density at radius 1 is 1.14 bits per heavy atom. The molecule has 0 spiro atoms. The van der Waals surface area contributed by atoms with Crippen LogP contribution in [0.5, 0.6) is 0 Å². The van der Waals surface area contributed by atoms with Gasteiger partial charge in [0.1, 0.15) is 6.61 Å². The normalized spacial score (nSPS) is 17.4. The van der Waals surface area contributed by atoms with Crippen LogP contribution in [0.2, 0.25) is 0 Å². The molecule has 0 radical (unpaired) electrons. The van der Waals surface area contributed by atoms with Gasteiger partial charge in [0.05, 0.1) is 35.1 Å². The van der Waals surface area contributed by atoms with E-state index in [4.69, 9.17) is 15.5 Å². The number of rotatable bonds is 16. The Bertz CT molecular complexity index is 1870. The molecule has 13 nitrogen and oxygen atoms in total. The SMILES string of the molecule is CCCCN(CCc1c2c(nc3ccccc13)-c1cc3c(c(=O)n1C2)COC(=O)[C@]3(O)CC)C(=O)[C@H](CC(C)C)NC[C@H](CC(N)=O)NC(C)=O. The number of nitrogens with one attached hydrogen (secondary N) is 2. The topological polar surface area (TPSA) is 186 Å². The Morgan fingerprint density at radius 2 is 1.88 bits per heavy atom. The maximum absolute atomic E-state index is 14.3. The molecule has 0 unspecified atom stereocenters. The zero-order chi connectivity index (χ0) is 37.0. The van der Waals surface area contributed by atoms with Crippen molar-refractivity contribution in [3.8, 4) is 11.4 Å². The third kappa shape index (κ3) is 7.84. The monoisotopic (exact) mass is 702 g/mol. The second-order valence-electron chi connectivity index (χ2n) is 14.1. The number of hydrogen-bond donors (Lipinski definition) is 4. The summed E-state index contributed by atoms with van der Waals surface area (Å²) in [6.07, 6.45) is 2.75. The van der Waals surface area contributed by atoms with Crippen molar-refractivity contribution in [2.45, 2.75) is 104 Å². The van der Waals surface area contributed by atoms with Crippen molar-refractivity contribution in [3.05, 3.63) is 62.9 Å². The number of unbranched alkanes of at least 4 members (excludes halogenated alkanes) is 1. The minimum Gasteiger partial charge on any atom is -0.458 e. The quantitative estimate of drug-likeness (QED) is 0.127. The van der Waals surface area contributed by atoms with Crippen molar-refractivity contribution in [1.82, 2.24) is 25.1 Å². The van der Waals surface area contributed by atoms with Crippen molar-refractivity contribution >= 4 is 34.6 Å². The van der Waals surface area contributed by atoms with Crippen LogP contribution in [-0.2, 0) is 49.1 Å². The number of carbonyl (C=O) groups is 4. The molecule has 13 heteroatoms. The summed E-state index contributed by atoms with van der Waals surface area (Å²) in [4.78, 5) is 71.2. The molecule has 0 fully saturated rings. The van der Waals surface area contributed by atoms with Gasteiger partial charge in [-0.3, -0.25) is 19.2 Å². The maximum Gasteiger partial charge on any atom is 0.343 e. The lowest BCUT2D eigenvalue weighted by Crippen LogP contribution is -2.52. The van der Waals surface area contributed by atoms with Gasteiger partial charge >= 0.3 is 5.97 Å². The molecule has 5 N–H and O–H groups in total. The van der Waals surface area contributed by atoms with Gasteiger partial charge in [-0.25, -0.2) is 9.78 Å². The smallest absolute Gasteiger partial charge is 0.343 e. The highest BCUT2D eigenvalue weighted by Gasteiger charge is 2.45. The minimum atomic E-state index is -1.92. The van der Waals surface area contributed by atoms with E-state index in [0.717, 1.165) is 34.9 Å². The molecule has 4 heterocycles. The molecule has 2 aliphatic heterocycles. The summed E-state index contributed by atoms with van der Waals surface area (Å²) in [5.74, 6) is -1.48. The van der Waals surface area contributed by atoms with Crippen LogP contribution in [0, 0.1) is 5.92 Å². The van der Waals surface area contributed by atoms with E-state index in [1.807, 2.05) is 43.0 Å². The van der Waals surface area contributed by atoms with Crippen LogP contribution in [0.1, 0.15) is 89.0 Å². The molecule has 3 amide bonds. The van der Waals surface area contributed by atoms with Crippen molar-refractivity contribution in [1.29, 1.82) is 0 Å². The largest absolute Gasteiger partial charge is 0.458 e. The molecule has 3 atom stereocenters. The lowest BCUT2D eigenvalue weighted by atomic mass is 9.86. The number of para-hydroxylation sites is 1. The van der Waals surface area contributed by atoms with E-state index in [1.165, 1.54) is 6.92 Å². The zero-order valence-electron chi connectivity index (χ0n) is 30.2. The summed E-state index contributed by atoms with van der Waals surface area (Å²) in [5.41, 5.74) is 7.44. The molecule has 0 saturated carbocycles. The molecule has 274 valence electrons. The number of pyridine rings is 2. The number of hydrogen-bond acceptors (Lipinski definition) is 9. The molecule has 0 aliphatic carbocycles. The number of aliphatic hydroxyl groups is 1. The van der Waals surface area contributed by atoms with Gasteiger partial charge in [0.25, 0.3) is 5.56 Å². The van der Waals surface area contributed by atoms with Crippen LogP contribution in [0.15, 0.2) is 35.1 Å². The van der Waals surface area contributed by atoms with Crippen molar-refractivity contribution in [2.24, 2.45) is 11.7 Å². The molecule has 0 saturated heterocycles. The van der Waals surface area contributed by atoms with Gasteiger partial charge in [-0.05, 0) is 49.3 Å². The first-order valence-electron chi connectivity index (χ1n) is 17.9. The number of cyclic esters (lactones) is 1. The van der Waals surface area contributed by atoms with Crippen LogP contribution in [0.4, 0.5) is 0 Å². The van der Waals surface area contributed by atoms with Gasteiger partial charge in [0.2, 0.25) is 17.7 Å². The summed E-state index contributed by atoms with van der Waals surface area (Å²) in [6.45, 7) is 10.4. The first-order chi connectivity index (χ1) is 24.3. The Morgan fingerprint density at radius 3 is 2.55 bits per heavy atom. The van der Waals surface area contributed by atoms with Crippen molar-refractivity contribution < 1.29 is 29.0 Å². The van der Waals surface area contributed by atoms with E-state index >= 15 is 0 Å². The number of fused-ring (bicyclic) bond motifs is 5. The highest BCUT2D eigenvalue weighted by Crippen LogP contribution is 2.40. The van der Waals surface area contributed by atoms with E-state index in [1.54, 1.807) is 17.6 Å². The highest BCUT2D eigenvalue weighted by molar-refractivity contribution is 5.89. The Kier molecular flexibility index (Phi) is 11.6. The summed E-state index contributed by atoms with van der Waals surface area (Å²) < 4.78 is 6.88. The molecule has 5 rings (SSSR count). The summed E-state index contributed by atoms with van der Waals surface area (Å²) in [7, 11) is 0. The van der Waals surface area contributed by atoms with Gasteiger partial charge in [-0.1, -0.05) is 52.3 Å². The van der Waals surface area contributed by atoms with Crippen LogP contribution in [0.3, 0.4) is 0 Å². The van der Waals surface area contributed by atoms with E-state index < -0.39 is 29.6 Å². The first-order valence-corrected chi connectivity index (χ1v) is 17.9. The predicted molar refractivity (Wildman–Crippen MR) is 192 cm³/mol. The number of carbonyl (C=O) groups excluding carboxylic acids is 4. The number of amides is 3. The second-order valence-corrected chi connectivity index (χ2v) is 14.1. The number of nitrogens with zero attached hydrogens (tertiary/aromatic N) is 3. The number of ether oxygens (including phenoxy) is 1. The van der Waals surface area contributed by atoms with Gasteiger partial charge in [0.15, 0.2) is 5.60 Å². The fraction of sp³-hybridized carbons (Fsp3) is 0.526. The number of nitrogens with two attached hydrogens (primary N) is 1. The van der Waals surface area contributed by atoms with Crippen LogP contribution in [0.25, 0.3) is 22.3 Å². The van der Waals surface area contributed by atoms with E-state index in [9.17, 15) is 29.1 Å². The van der Waals surface area contributed by atoms with Crippen LogP contribution < -0.4 is 21.9 Å².